The van der Waals surface area contributed by atoms with Crippen molar-refractivity contribution in [3.8, 4) is 11.4 Å². The number of ether oxygens (including phenoxy) is 1. The topological polar surface area (TPSA) is 39.1 Å². The lowest BCUT2D eigenvalue weighted by molar-refractivity contribution is 0.414. The molecule has 3 aromatic rings. The molecule has 0 amide bonds. The first-order valence-corrected chi connectivity index (χ1v) is 7.31. The Hall–Kier alpha value is -2.75. The van der Waals surface area contributed by atoms with Crippen molar-refractivity contribution in [3.63, 3.8) is 0 Å². The first-order valence-electron chi connectivity index (χ1n) is 7.31. The van der Waals surface area contributed by atoms with E-state index in [0.717, 1.165) is 22.8 Å². The molecular formula is C18H17N3O. The van der Waals surface area contributed by atoms with E-state index in [2.05, 4.69) is 46.1 Å². The van der Waals surface area contributed by atoms with Crippen LogP contribution in [0.15, 0.2) is 54.9 Å². The van der Waals surface area contributed by atoms with Crippen LogP contribution in [-0.4, -0.2) is 16.7 Å². The lowest BCUT2D eigenvalue weighted by Crippen LogP contribution is -2.22. The van der Waals surface area contributed by atoms with Crippen molar-refractivity contribution in [1.29, 1.82) is 0 Å². The highest BCUT2D eigenvalue weighted by atomic mass is 16.5. The molecule has 1 aliphatic heterocycles. The molecule has 2 heterocycles. The first kappa shape index (κ1) is 13.0. The first-order chi connectivity index (χ1) is 10.8. The van der Waals surface area contributed by atoms with Gasteiger partial charge in [-0.2, -0.15) is 0 Å². The van der Waals surface area contributed by atoms with Gasteiger partial charge in [-0.3, -0.25) is 4.57 Å². The maximum Gasteiger partial charge on any atom is 0.118 e. The number of nitrogens with one attached hydrogen (secondary N) is 1. The highest BCUT2D eigenvalue weighted by Crippen LogP contribution is 2.38. The maximum atomic E-state index is 5.25. The van der Waals surface area contributed by atoms with Gasteiger partial charge in [0.15, 0.2) is 0 Å². The van der Waals surface area contributed by atoms with E-state index in [-0.39, 0.29) is 6.04 Å². The average molecular weight is 291 g/mol. The second-order valence-corrected chi connectivity index (χ2v) is 5.45. The number of imidazole rings is 1. The number of aromatic nitrogens is 2. The summed E-state index contributed by atoms with van der Waals surface area (Å²) in [5, 5.41) is 3.63. The Kier molecular flexibility index (Phi) is 2.89. The number of anilines is 1. The number of nitrogens with zero attached hydrogens (tertiary/aromatic N) is 2. The van der Waals surface area contributed by atoms with Crippen molar-refractivity contribution in [2.75, 3.05) is 12.4 Å². The van der Waals surface area contributed by atoms with Gasteiger partial charge in [-0.1, -0.05) is 24.3 Å². The number of hydrogen-bond donors (Lipinski definition) is 1. The van der Waals surface area contributed by atoms with Gasteiger partial charge < -0.3 is 10.1 Å². The molecule has 0 fully saturated rings. The Bertz CT molecular complexity index is 821. The second-order valence-electron chi connectivity index (χ2n) is 5.45. The van der Waals surface area contributed by atoms with E-state index in [1.807, 2.05) is 30.6 Å². The van der Waals surface area contributed by atoms with Crippen molar-refractivity contribution in [1.82, 2.24) is 9.55 Å². The third kappa shape index (κ3) is 1.88. The molecule has 110 valence electrons. The molecule has 0 bridgehead atoms. The van der Waals surface area contributed by atoms with Crippen molar-refractivity contribution in [3.05, 3.63) is 71.8 Å². The Balaban J connectivity index is 1.86. The summed E-state index contributed by atoms with van der Waals surface area (Å²) in [6.07, 6.45) is 1.90. The van der Waals surface area contributed by atoms with Gasteiger partial charge in [-0.05, 0) is 36.8 Å². The Morgan fingerprint density at radius 2 is 1.86 bits per heavy atom. The zero-order valence-electron chi connectivity index (χ0n) is 12.6. The number of fused-ring (bicyclic) bond motifs is 3. The van der Waals surface area contributed by atoms with Crippen LogP contribution in [0.2, 0.25) is 0 Å². The molecule has 2 aromatic carbocycles. The van der Waals surface area contributed by atoms with Crippen LogP contribution < -0.4 is 10.1 Å². The fraction of sp³-hybridized carbons (Fsp3) is 0.167. The van der Waals surface area contributed by atoms with Crippen LogP contribution in [-0.2, 0) is 0 Å². The number of hydrogen-bond acceptors (Lipinski definition) is 3. The summed E-state index contributed by atoms with van der Waals surface area (Å²) < 4.78 is 7.43. The number of aryl methyl sites for hydroxylation is 1. The minimum atomic E-state index is 0.0864. The zero-order valence-corrected chi connectivity index (χ0v) is 12.6. The molecule has 1 unspecified atom stereocenters. The smallest absolute Gasteiger partial charge is 0.118 e. The molecule has 4 rings (SSSR count). The SMILES string of the molecule is COc1ccc(C2Nc3ccccc3-n3cnc(C)c32)cc1. The molecule has 0 aliphatic carbocycles. The van der Waals surface area contributed by atoms with E-state index in [0.29, 0.717) is 0 Å². The highest BCUT2D eigenvalue weighted by Gasteiger charge is 2.27. The van der Waals surface area contributed by atoms with Gasteiger partial charge in [0.05, 0.1) is 42.2 Å². The van der Waals surface area contributed by atoms with E-state index in [4.69, 9.17) is 4.74 Å². The van der Waals surface area contributed by atoms with Gasteiger partial charge in [0.25, 0.3) is 0 Å². The van der Waals surface area contributed by atoms with Gasteiger partial charge in [-0.15, -0.1) is 0 Å². The van der Waals surface area contributed by atoms with Crippen molar-refractivity contribution >= 4 is 5.69 Å². The zero-order chi connectivity index (χ0) is 15.1. The quantitative estimate of drug-likeness (QED) is 0.782. The van der Waals surface area contributed by atoms with Crippen LogP contribution in [0.25, 0.3) is 5.69 Å². The summed E-state index contributed by atoms with van der Waals surface area (Å²) in [5.41, 5.74) is 5.68. The number of rotatable bonds is 2. The summed E-state index contributed by atoms with van der Waals surface area (Å²) >= 11 is 0. The normalized spacial score (nSPS) is 15.6. The van der Waals surface area contributed by atoms with Crippen molar-refractivity contribution < 1.29 is 4.74 Å². The summed E-state index contributed by atoms with van der Waals surface area (Å²) in [5.74, 6) is 0.866. The molecule has 1 aliphatic rings. The van der Waals surface area contributed by atoms with Crippen LogP contribution in [0.5, 0.6) is 5.75 Å². The predicted octanol–water partition coefficient (Wildman–Crippen LogP) is 3.70. The summed E-state index contributed by atoms with van der Waals surface area (Å²) in [6.45, 7) is 2.05. The number of methoxy groups -OCH3 is 1. The summed E-state index contributed by atoms with van der Waals surface area (Å²) in [6, 6.07) is 16.6. The standard InChI is InChI=1S/C18H17N3O/c1-12-18-17(13-7-9-14(22-2)10-8-13)20-15-5-3-4-6-16(15)21(18)11-19-12/h3-11,17,20H,1-2H3. The molecule has 0 saturated carbocycles. The lowest BCUT2D eigenvalue weighted by Gasteiger charge is -2.29. The van der Waals surface area contributed by atoms with Crippen LogP contribution in [0.1, 0.15) is 23.0 Å². The minimum absolute atomic E-state index is 0.0864. The Labute approximate surface area is 129 Å². The van der Waals surface area contributed by atoms with Gasteiger partial charge in [0.2, 0.25) is 0 Å². The third-order valence-corrected chi connectivity index (χ3v) is 4.18. The Morgan fingerprint density at radius 3 is 2.64 bits per heavy atom. The fourth-order valence-corrected chi connectivity index (χ4v) is 3.05. The largest absolute Gasteiger partial charge is 0.497 e. The molecule has 0 radical (unpaired) electrons. The fourth-order valence-electron chi connectivity index (χ4n) is 3.05. The molecule has 4 nitrogen and oxygen atoms in total. The molecule has 22 heavy (non-hydrogen) atoms. The molecule has 1 atom stereocenters. The average Bonchev–Trinajstić information content (AvgIpc) is 2.97. The van der Waals surface area contributed by atoms with Crippen LogP contribution >= 0.6 is 0 Å². The minimum Gasteiger partial charge on any atom is -0.497 e. The number of para-hydroxylation sites is 2. The lowest BCUT2D eigenvalue weighted by atomic mass is 9.99. The van der Waals surface area contributed by atoms with Crippen LogP contribution in [0.4, 0.5) is 5.69 Å². The number of benzene rings is 2. The maximum absolute atomic E-state index is 5.25. The molecule has 0 spiro atoms. The molecule has 4 heteroatoms. The van der Waals surface area contributed by atoms with E-state index < -0.39 is 0 Å². The van der Waals surface area contributed by atoms with Crippen molar-refractivity contribution in [2.24, 2.45) is 0 Å². The van der Waals surface area contributed by atoms with Gasteiger partial charge >= 0.3 is 0 Å². The second kappa shape index (κ2) is 4.91. The summed E-state index contributed by atoms with van der Waals surface area (Å²) in [4.78, 5) is 4.50. The van der Waals surface area contributed by atoms with E-state index in [1.165, 1.54) is 11.3 Å². The van der Waals surface area contributed by atoms with E-state index >= 15 is 0 Å². The summed E-state index contributed by atoms with van der Waals surface area (Å²) in [7, 11) is 1.68. The van der Waals surface area contributed by atoms with Gasteiger partial charge in [-0.25, -0.2) is 4.98 Å². The van der Waals surface area contributed by atoms with Gasteiger partial charge in [0.1, 0.15) is 5.75 Å². The van der Waals surface area contributed by atoms with E-state index in [9.17, 15) is 0 Å². The molecule has 1 aromatic heterocycles. The Morgan fingerprint density at radius 1 is 1.09 bits per heavy atom. The highest BCUT2D eigenvalue weighted by molar-refractivity contribution is 5.67. The monoisotopic (exact) mass is 291 g/mol. The van der Waals surface area contributed by atoms with E-state index in [1.54, 1.807) is 7.11 Å². The van der Waals surface area contributed by atoms with Crippen LogP contribution in [0, 0.1) is 6.92 Å². The molecule has 1 N–H and O–H groups in total. The van der Waals surface area contributed by atoms with Crippen molar-refractivity contribution in [2.45, 2.75) is 13.0 Å². The molecule has 0 saturated heterocycles. The molecular weight excluding hydrogens is 274 g/mol. The predicted molar refractivity (Wildman–Crippen MR) is 86.8 cm³/mol. The van der Waals surface area contributed by atoms with Gasteiger partial charge in [0, 0.05) is 0 Å². The third-order valence-electron chi connectivity index (χ3n) is 4.18. The van der Waals surface area contributed by atoms with Crippen LogP contribution in [0.3, 0.4) is 0 Å².